The highest BCUT2D eigenvalue weighted by atomic mass is 19.1. The summed E-state index contributed by atoms with van der Waals surface area (Å²) in [7, 11) is 0. The predicted octanol–water partition coefficient (Wildman–Crippen LogP) is 4.06. The molecule has 1 aromatic carbocycles. The second-order valence-corrected chi connectivity index (χ2v) is 7.62. The van der Waals surface area contributed by atoms with Gasteiger partial charge in [-0.05, 0) is 43.9 Å². The fourth-order valence-electron chi connectivity index (χ4n) is 4.25. The molecule has 2 amide bonds. The molecule has 1 aliphatic carbocycles. The molecule has 3 rings (SSSR count). The van der Waals surface area contributed by atoms with Gasteiger partial charge in [-0.3, -0.25) is 9.59 Å². The molecular weight excluding hydrogens is 331 g/mol. The van der Waals surface area contributed by atoms with Crippen LogP contribution in [0.5, 0.6) is 0 Å². The quantitative estimate of drug-likeness (QED) is 0.760. The van der Waals surface area contributed by atoms with Crippen LogP contribution in [-0.2, 0) is 9.59 Å². The molecule has 0 unspecified atom stereocenters. The monoisotopic (exact) mass is 360 g/mol. The van der Waals surface area contributed by atoms with Crippen LogP contribution in [-0.4, -0.2) is 40.2 Å². The van der Waals surface area contributed by atoms with Gasteiger partial charge in [0, 0.05) is 12.1 Å². The largest absolute Gasteiger partial charge is 0.328 e. The highest BCUT2D eigenvalue weighted by Gasteiger charge is 2.44. The Morgan fingerprint density at radius 3 is 2.27 bits per heavy atom. The third-order valence-corrected chi connectivity index (χ3v) is 5.91. The summed E-state index contributed by atoms with van der Waals surface area (Å²) in [5.74, 6) is -0.347. The molecule has 4 nitrogen and oxygen atoms in total. The maximum Gasteiger partial charge on any atom is 0.250 e. The van der Waals surface area contributed by atoms with Gasteiger partial charge in [0.15, 0.2) is 0 Å². The van der Waals surface area contributed by atoms with Gasteiger partial charge in [-0.15, -0.1) is 0 Å². The lowest BCUT2D eigenvalue weighted by molar-refractivity contribution is -0.161. The van der Waals surface area contributed by atoms with E-state index in [1.807, 2.05) is 13.8 Å². The Balaban J connectivity index is 1.94. The van der Waals surface area contributed by atoms with Crippen LogP contribution in [0.2, 0.25) is 0 Å². The lowest BCUT2D eigenvalue weighted by atomic mass is 9.95. The van der Waals surface area contributed by atoms with Crippen molar-refractivity contribution in [1.29, 1.82) is 0 Å². The van der Waals surface area contributed by atoms with E-state index >= 15 is 0 Å². The Morgan fingerprint density at radius 1 is 1.08 bits per heavy atom. The Kier molecular flexibility index (Phi) is 5.94. The van der Waals surface area contributed by atoms with E-state index in [-0.39, 0.29) is 36.3 Å². The van der Waals surface area contributed by atoms with E-state index < -0.39 is 6.04 Å². The van der Waals surface area contributed by atoms with Crippen molar-refractivity contribution < 1.29 is 14.0 Å². The van der Waals surface area contributed by atoms with Crippen molar-refractivity contribution in [2.45, 2.75) is 76.9 Å². The summed E-state index contributed by atoms with van der Waals surface area (Å²) in [5.41, 5.74) is 0.698. The maximum atomic E-state index is 13.4. The lowest BCUT2D eigenvalue weighted by Gasteiger charge is -2.45. The minimum atomic E-state index is -0.643. The topological polar surface area (TPSA) is 40.6 Å². The van der Waals surface area contributed by atoms with Gasteiger partial charge in [-0.1, -0.05) is 44.7 Å². The van der Waals surface area contributed by atoms with Crippen LogP contribution < -0.4 is 0 Å². The van der Waals surface area contributed by atoms with Crippen LogP contribution in [0.25, 0.3) is 0 Å². The summed E-state index contributed by atoms with van der Waals surface area (Å²) in [4.78, 5) is 29.9. The fraction of sp³-hybridized carbons (Fsp3) is 0.619. The average molecular weight is 360 g/mol. The summed E-state index contributed by atoms with van der Waals surface area (Å²) in [6, 6.07) is 5.48. The molecule has 26 heavy (non-hydrogen) atoms. The van der Waals surface area contributed by atoms with E-state index in [1.54, 1.807) is 21.9 Å². The molecule has 0 spiro atoms. The van der Waals surface area contributed by atoms with Crippen molar-refractivity contribution in [3.05, 3.63) is 35.6 Å². The standard InChI is InChI=1S/C21H29FN2O2/c1-3-15(2)24-19(25)14-23(18-8-6-4-5-7-9-18)21(26)20(24)16-10-12-17(22)13-11-16/h10-13,15,18,20H,3-9,14H2,1-2H3/t15-,20-/m1/s1. The van der Waals surface area contributed by atoms with Crippen LogP contribution in [0.3, 0.4) is 0 Å². The van der Waals surface area contributed by atoms with Crippen LogP contribution in [0, 0.1) is 5.82 Å². The number of amides is 2. The summed E-state index contributed by atoms with van der Waals surface area (Å²) >= 11 is 0. The number of halogens is 1. The highest BCUT2D eigenvalue weighted by molar-refractivity contribution is 5.96. The molecule has 2 atom stereocenters. The number of nitrogens with zero attached hydrogens (tertiary/aromatic N) is 2. The van der Waals surface area contributed by atoms with Gasteiger partial charge >= 0.3 is 0 Å². The Morgan fingerprint density at radius 2 is 1.69 bits per heavy atom. The summed E-state index contributed by atoms with van der Waals surface area (Å²) in [5, 5.41) is 0. The molecule has 1 heterocycles. The number of carbonyl (C=O) groups is 2. The van der Waals surface area contributed by atoms with E-state index in [9.17, 15) is 14.0 Å². The lowest BCUT2D eigenvalue weighted by Crippen LogP contribution is -2.60. The Bertz CT molecular complexity index is 638. The SMILES string of the molecule is CC[C@@H](C)N1C(=O)CN(C2CCCCCC2)C(=O)[C@H]1c1ccc(F)cc1. The minimum absolute atomic E-state index is 0.00229. The molecule has 0 N–H and O–H groups in total. The van der Waals surface area contributed by atoms with Crippen molar-refractivity contribution in [2.75, 3.05) is 6.54 Å². The van der Waals surface area contributed by atoms with E-state index in [4.69, 9.17) is 0 Å². The molecule has 5 heteroatoms. The normalized spacial score (nSPS) is 23.9. The maximum absolute atomic E-state index is 13.4. The van der Waals surface area contributed by atoms with E-state index in [2.05, 4.69) is 0 Å². The van der Waals surface area contributed by atoms with Crippen LogP contribution >= 0.6 is 0 Å². The van der Waals surface area contributed by atoms with Crippen molar-refractivity contribution >= 4 is 11.8 Å². The zero-order chi connectivity index (χ0) is 18.7. The molecule has 0 radical (unpaired) electrons. The number of hydrogen-bond acceptors (Lipinski definition) is 2. The van der Waals surface area contributed by atoms with E-state index in [1.165, 1.54) is 25.0 Å². The first-order chi connectivity index (χ1) is 12.5. The number of hydrogen-bond donors (Lipinski definition) is 0. The van der Waals surface area contributed by atoms with Gasteiger partial charge in [0.2, 0.25) is 5.91 Å². The highest BCUT2D eigenvalue weighted by Crippen LogP contribution is 2.33. The zero-order valence-corrected chi connectivity index (χ0v) is 15.8. The van der Waals surface area contributed by atoms with Gasteiger partial charge in [0.1, 0.15) is 18.4 Å². The second-order valence-electron chi connectivity index (χ2n) is 7.62. The van der Waals surface area contributed by atoms with Gasteiger partial charge in [0.25, 0.3) is 5.91 Å². The summed E-state index contributed by atoms with van der Waals surface area (Å²) in [6.45, 7) is 4.16. The van der Waals surface area contributed by atoms with Gasteiger partial charge < -0.3 is 9.80 Å². The van der Waals surface area contributed by atoms with Crippen molar-refractivity contribution in [3.8, 4) is 0 Å². The van der Waals surface area contributed by atoms with E-state index in [0.717, 1.165) is 32.1 Å². The fourth-order valence-corrected chi connectivity index (χ4v) is 4.25. The van der Waals surface area contributed by atoms with Gasteiger partial charge in [-0.25, -0.2) is 4.39 Å². The second kappa shape index (κ2) is 8.19. The molecule has 2 aliphatic rings. The molecule has 1 saturated heterocycles. The summed E-state index contributed by atoms with van der Waals surface area (Å²) in [6.07, 6.45) is 7.34. The molecule has 2 fully saturated rings. The zero-order valence-electron chi connectivity index (χ0n) is 15.8. The molecule has 1 aliphatic heterocycles. The molecule has 0 bridgehead atoms. The van der Waals surface area contributed by atoms with E-state index in [0.29, 0.717) is 5.56 Å². The third kappa shape index (κ3) is 3.76. The molecule has 1 aromatic rings. The van der Waals surface area contributed by atoms with Gasteiger partial charge in [-0.2, -0.15) is 0 Å². The van der Waals surface area contributed by atoms with Gasteiger partial charge in [0.05, 0.1) is 0 Å². The first-order valence-electron chi connectivity index (χ1n) is 9.90. The number of carbonyl (C=O) groups excluding carboxylic acids is 2. The number of piperazine rings is 1. The van der Waals surface area contributed by atoms with Crippen LogP contribution in [0.15, 0.2) is 24.3 Å². The third-order valence-electron chi connectivity index (χ3n) is 5.91. The first kappa shape index (κ1) is 18.9. The van der Waals surface area contributed by atoms with Crippen molar-refractivity contribution in [1.82, 2.24) is 9.80 Å². The summed E-state index contributed by atoms with van der Waals surface area (Å²) < 4.78 is 13.4. The van der Waals surface area contributed by atoms with Crippen LogP contribution in [0.4, 0.5) is 4.39 Å². The molecule has 0 aromatic heterocycles. The number of benzene rings is 1. The van der Waals surface area contributed by atoms with Crippen LogP contribution in [0.1, 0.15) is 70.4 Å². The molecule has 142 valence electrons. The van der Waals surface area contributed by atoms with Crippen molar-refractivity contribution in [3.63, 3.8) is 0 Å². The smallest absolute Gasteiger partial charge is 0.250 e. The predicted molar refractivity (Wildman–Crippen MR) is 98.9 cm³/mol. The number of rotatable bonds is 4. The van der Waals surface area contributed by atoms with Crippen molar-refractivity contribution in [2.24, 2.45) is 0 Å². The first-order valence-corrected chi connectivity index (χ1v) is 9.90. The average Bonchev–Trinajstić information content (AvgIpc) is 2.92. The Hall–Kier alpha value is -1.91. The molecular formula is C21H29FN2O2. The minimum Gasteiger partial charge on any atom is -0.328 e. The Labute approximate surface area is 155 Å². The molecule has 1 saturated carbocycles.